The maximum Gasteiger partial charge on any atom is 0.433 e. The number of furan rings is 1. The maximum absolute atomic E-state index is 12.4. The van der Waals surface area contributed by atoms with E-state index < -0.39 is 16.7 Å². The fourth-order valence-electron chi connectivity index (χ4n) is 2.52. The van der Waals surface area contributed by atoms with E-state index in [4.69, 9.17) is 4.42 Å². The van der Waals surface area contributed by atoms with Gasteiger partial charge in [0.15, 0.2) is 5.76 Å². The normalized spacial score (nSPS) is 10.9. The number of rotatable bonds is 4. The van der Waals surface area contributed by atoms with E-state index in [-0.39, 0.29) is 5.76 Å². The Morgan fingerprint density at radius 3 is 2.74 bits per heavy atom. The molecule has 0 bridgehead atoms. The van der Waals surface area contributed by atoms with Gasteiger partial charge in [0.05, 0.1) is 22.0 Å². The molecule has 2 aromatic heterocycles. The first-order valence-electron chi connectivity index (χ1n) is 7.72. The van der Waals surface area contributed by atoms with Crippen molar-refractivity contribution in [2.75, 3.05) is 5.32 Å². The van der Waals surface area contributed by atoms with Crippen molar-refractivity contribution >= 4 is 61.6 Å². The second-order valence-corrected chi connectivity index (χ2v) is 7.80. The van der Waals surface area contributed by atoms with Gasteiger partial charge in [-0.05, 0) is 59.0 Å². The SMILES string of the molecule is O=C(Nc1ccc(I)cc1-c1nc2ccccc2s1)c1ccc([N+](=O)[O-])o1. The number of halogens is 1. The number of anilines is 1. The molecule has 4 rings (SSSR count). The molecule has 0 fully saturated rings. The standard InChI is InChI=1S/C18H10IN3O4S/c19-10-5-6-12(20-17(23)14-7-8-16(26-14)22(24)25)11(9-10)18-21-13-3-1-2-4-15(13)27-18/h1-9H,(H,20,23). The van der Waals surface area contributed by atoms with Gasteiger partial charge in [-0.3, -0.25) is 14.9 Å². The number of nitrogens with one attached hydrogen (secondary N) is 1. The van der Waals surface area contributed by atoms with E-state index in [2.05, 4.69) is 32.9 Å². The summed E-state index contributed by atoms with van der Waals surface area (Å²) in [5.41, 5.74) is 2.21. The number of thiazole rings is 1. The van der Waals surface area contributed by atoms with Gasteiger partial charge in [-0.1, -0.05) is 12.1 Å². The Morgan fingerprint density at radius 1 is 1.19 bits per heavy atom. The predicted octanol–water partition coefficient (Wildman–Crippen LogP) is 5.32. The van der Waals surface area contributed by atoms with Gasteiger partial charge in [0.1, 0.15) is 9.93 Å². The number of hydrogen-bond donors (Lipinski definition) is 1. The first-order chi connectivity index (χ1) is 13.0. The van der Waals surface area contributed by atoms with Crippen LogP contribution in [0.15, 0.2) is 59.0 Å². The molecule has 0 aliphatic heterocycles. The average molecular weight is 491 g/mol. The van der Waals surface area contributed by atoms with Crippen molar-refractivity contribution in [3.63, 3.8) is 0 Å². The molecule has 0 atom stereocenters. The van der Waals surface area contributed by atoms with Crippen LogP contribution in [-0.2, 0) is 0 Å². The van der Waals surface area contributed by atoms with Gasteiger partial charge >= 0.3 is 5.88 Å². The Kier molecular flexibility index (Phi) is 4.62. The molecule has 1 amide bonds. The molecule has 1 N–H and O–H groups in total. The van der Waals surface area contributed by atoms with Crippen molar-refractivity contribution in [1.82, 2.24) is 4.98 Å². The Hall–Kier alpha value is -2.79. The molecule has 0 aliphatic carbocycles. The van der Waals surface area contributed by atoms with Crippen LogP contribution < -0.4 is 5.32 Å². The molecule has 0 saturated carbocycles. The van der Waals surface area contributed by atoms with Crippen molar-refractivity contribution in [3.05, 3.63) is 74.0 Å². The van der Waals surface area contributed by atoms with E-state index in [9.17, 15) is 14.9 Å². The third-order valence-corrected chi connectivity index (χ3v) is 5.49. The quantitative estimate of drug-likeness (QED) is 0.237. The highest BCUT2D eigenvalue weighted by Gasteiger charge is 2.19. The molecule has 27 heavy (non-hydrogen) atoms. The van der Waals surface area contributed by atoms with Gasteiger partial charge in [0, 0.05) is 9.13 Å². The number of amides is 1. The van der Waals surface area contributed by atoms with Crippen molar-refractivity contribution in [1.29, 1.82) is 0 Å². The lowest BCUT2D eigenvalue weighted by molar-refractivity contribution is -0.402. The van der Waals surface area contributed by atoms with E-state index in [1.54, 1.807) is 6.07 Å². The molecule has 134 valence electrons. The summed E-state index contributed by atoms with van der Waals surface area (Å²) in [6, 6.07) is 15.8. The summed E-state index contributed by atoms with van der Waals surface area (Å²) in [4.78, 5) is 27.1. The Labute approximate surface area is 170 Å². The Balaban J connectivity index is 1.70. The second-order valence-electron chi connectivity index (χ2n) is 5.53. The number of aromatic nitrogens is 1. The largest absolute Gasteiger partial charge is 0.433 e. The summed E-state index contributed by atoms with van der Waals surface area (Å²) >= 11 is 3.72. The number of nitro groups is 1. The number of hydrogen-bond acceptors (Lipinski definition) is 6. The van der Waals surface area contributed by atoms with Gasteiger partial charge < -0.3 is 9.73 Å². The number of carbonyl (C=O) groups is 1. The minimum absolute atomic E-state index is 0.129. The Bertz CT molecular complexity index is 1150. The van der Waals surface area contributed by atoms with Crippen molar-refractivity contribution < 1.29 is 14.1 Å². The monoisotopic (exact) mass is 491 g/mol. The molecule has 0 spiro atoms. The van der Waals surface area contributed by atoms with Crippen LogP contribution in [0.25, 0.3) is 20.8 Å². The average Bonchev–Trinajstić information content (AvgIpc) is 3.30. The number of nitrogens with zero attached hydrogens (tertiary/aromatic N) is 2. The highest BCUT2D eigenvalue weighted by Crippen LogP contribution is 2.35. The van der Waals surface area contributed by atoms with Crippen LogP contribution in [0.3, 0.4) is 0 Å². The van der Waals surface area contributed by atoms with Crippen molar-refractivity contribution in [2.24, 2.45) is 0 Å². The molecular formula is C18H10IN3O4S. The zero-order chi connectivity index (χ0) is 19.0. The fraction of sp³-hybridized carbons (Fsp3) is 0. The van der Waals surface area contributed by atoms with Crippen LogP contribution in [0, 0.1) is 13.7 Å². The summed E-state index contributed by atoms with van der Waals surface area (Å²) in [7, 11) is 0. The summed E-state index contributed by atoms with van der Waals surface area (Å²) in [5.74, 6) is -1.17. The minimum Gasteiger partial charge on any atom is -0.395 e. The van der Waals surface area contributed by atoms with E-state index in [0.29, 0.717) is 5.69 Å². The number of para-hydroxylation sites is 1. The van der Waals surface area contributed by atoms with Crippen LogP contribution in [0.4, 0.5) is 11.6 Å². The fourth-order valence-corrected chi connectivity index (χ4v) is 4.01. The van der Waals surface area contributed by atoms with Crippen LogP contribution in [0.1, 0.15) is 10.6 Å². The third-order valence-electron chi connectivity index (χ3n) is 3.75. The summed E-state index contributed by atoms with van der Waals surface area (Å²) in [5, 5.41) is 14.3. The molecule has 0 radical (unpaired) electrons. The first kappa shape index (κ1) is 17.6. The lowest BCUT2D eigenvalue weighted by Crippen LogP contribution is -2.11. The maximum atomic E-state index is 12.4. The molecule has 4 aromatic rings. The molecule has 7 nitrogen and oxygen atoms in total. The third kappa shape index (κ3) is 3.55. The van der Waals surface area contributed by atoms with Crippen molar-refractivity contribution in [3.8, 4) is 10.6 Å². The van der Waals surface area contributed by atoms with Crippen LogP contribution in [-0.4, -0.2) is 15.8 Å². The lowest BCUT2D eigenvalue weighted by Gasteiger charge is -2.09. The minimum atomic E-state index is -0.686. The molecule has 0 saturated heterocycles. The van der Waals surface area contributed by atoms with E-state index in [1.165, 1.54) is 17.4 Å². The Morgan fingerprint density at radius 2 is 2.00 bits per heavy atom. The zero-order valence-electron chi connectivity index (χ0n) is 13.5. The highest BCUT2D eigenvalue weighted by molar-refractivity contribution is 14.1. The van der Waals surface area contributed by atoms with E-state index in [0.717, 1.165) is 30.4 Å². The smallest absolute Gasteiger partial charge is 0.395 e. The topological polar surface area (TPSA) is 98.3 Å². The second kappa shape index (κ2) is 7.08. The molecule has 9 heteroatoms. The lowest BCUT2D eigenvalue weighted by atomic mass is 10.2. The van der Waals surface area contributed by atoms with Crippen LogP contribution in [0.5, 0.6) is 0 Å². The van der Waals surface area contributed by atoms with Gasteiger partial charge in [-0.2, -0.15) is 0 Å². The summed E-state index contributed by atoms with van der Waals surface area (Å²) in [6.07, 6.45) is 0. The molecule has 0 aliphatic rings. The van der Waals surface area contributed by atoms with Gasteiger partial charge in [0.25, 0.3) is 5.91 Å². The molecular weight excluding hydrogens is 481 g/mol. The number of fused-ring (bicyclic) bond motifs is 1. The van der Waals surface area contributed by atoms with Crippen LogP contribution >= 0.6 is 33.9 Å². The molecule has 0 unspecified atom stereocenters. The molecule has 2 heterocycles. The summed E-state index contributed by atoms with van der Waals surface area (Å²) < 4.78 is 7.01. The highest BCUT2D eigenvalue weighted by atomic mass is 127. The molecule has 2 aromatic carbocycles. The number of benzene rings is 2. The van der Waals surface area contributed by atoms with Gasteiger partial charge in [-0.25, -0.2) is 4.98 Å². The summed E-state index contributed by atoms with van der Waals surface area (Å²) in [6.45, 7) is 0. The van der Waals surface area contributed by atoms with E-state index >= 15 is 0 Å². The number of carbonyl (C=O) groups excluding carboxylic acids is 1. The van der Waals surface area contributed by atoms with Crippen LogP contribution in [0.2, 0.25) is 0 Å². The van der Waals surface area contributed by atoms with Gasteiger partial charge in [-0.15, -0.1) is 11.3 Å². The predicted molar refractivity (Wildman–Crippen MR) is 111 cm³/mol. The van der Waals surface area contributed by atoms with Gasteiger partial charge in [0.2, 0.25) is 0 Å². The first-order valence-corrected chi connectivity index (χ1v) is 9.62. The van der Waals surface area contributed by atoms with Crippen molar-refractivity contribution in [2.45, 2.75) is 0 Å². The van der Waals surface area contributed by atoms with E-state index in [1.807, 2.05) is 36.4 Å². The zero-order valence-corrected chi connectivity index (χ0v) is 16.5.